The Morgan fingerprint density at radius 2 is 1.94 bits per heavy atom. The minimum atomic E-state index is -0.262. The highest BCUT2D eigenvalue weighted by molar-refractivity contribution is 5.87. The summed E-state index contributed by atoms with van der Waals surface area (Å²) in [7, 11) is 0. The van der Waals surface area contributed by atoms with Gasteiger partial charge in [0, 0.05) is 6.08 Å². The Bertz CT molecular complexity index is 363. The molecule has 0 spiro atoms. The lowest BCUT2D eigenvalue weighted by Gasteiger charge is -2.00. The Morgan fingerprint density at radius 1 is 1.24 bits per heavy atom. The molecule has 0 N–H and O–H groups in total. The average molecular weight is 232 g/mol. The van der Waals surface area contributed by atoms with Gasteiger partial charge in [-0.1, -0.05) is 49.6 Å². The molecule has 0 saturated heterocycles. The Hall–Kier alpha value is -1.57. The van der Waals surface area contributed by atoms with Crippen LogP contribution in [-0.4, -0.2) is 12.6 Å². The second-order valence-corrected chi connectivity index (χ2v) is 4.12. The number of carbonyl (C=O) groups is 1. The van der Waals surface area contributed by atoms with Crippen molar-refractivity contribution >= 4 is 12.0 Å². The molecule has 2 nitrogen and oxygen atoms in total. The van der Waals surface area contributed by atoms with Crippen LogP contribution in [0.2, 0.25) is 0 Å². The third-order valence-electron chi connectivity index (χ3n) is 2.48. The molecule has 0 bridgehead atoms. The highest BCUT2D eigenvalue weighted by Gasteiger charge is 1.96. The zero-order valence-corrected chi connectivity index (χ0v) is 10.6. The van der Waals surface area contributed by atoms with Crippen LogP contribution < -0.4 is 0 Å². The molecule has 0 atom stereocenters. The van der Waals surface area contributed by atoms with Crippen molar-refractivity contribution in [3.63, 3.8) is 0 Å². The molecule has 17 heavy (non-hydrogen) atoms. The Balaban J connectivity index is 2.32. The van der Waals surface area contributed by atoms with Crippen LogP contribution in [0.3, 0.4) is 0 Å². The first-order chi connectivity index (χ1) is 8.22. The van der Waals surface area contributed by atoms with E-state index in [1.165, 1.54) is 11.6 Å². The molecule has 0 fully saturated rings. The molecule has 1 aromatic carbocycles. The SMILES string of the molecule is CCCCCOC(=O)C=Cc1ccc(C)cc1. The van der Waals surface area contributed by atoms with Gasteiger partial charge in [-0.05, 0) is 25.0 Å². The van der Waals surface area contributed by atoms with Gasteiger partial charge in [-0.2, -0.15) is 0 Å². The van der Waals surface area contributed by atoms with Gasteiger partial charge >= 0.3 is 5.97 Å². The monoisotopic (exact) mass is 232 g/mol. The quantitative estimate of drug-likeness (QED) is 0.424. The molecule has 0 radical (unpaired) electrons. The number of benzene rings is 1. The van der Waals surface area contributed by atoms with Gasteiger partial charge in [0.1, 0.15) is 0 Å². The highest BCUT2D eigenvalue weighted by atomic mass is 16.5. The van der Waals surface area contributed by atoms with Crippen molar-refractivity contribution < 1.29 is 9.53 Å². The van der Waals surface area contributed by atoms with Crippen LogP contribution in [0.15, 0.2) is 30.3 Å². The van der Waals surface area contributed by atoms with Gasteiger partial charge in [-0.3, -0.25) is 0 Å². The highest BCUT2D eigenvalue weighted by Crippen LogP contribution is 2.05. The Morgan fingerprint density at radius 3 is 2.59 bits per heavy atom. The van der Waals surface area contributed by atoms with Crippen molar-refractivity contribution in [1.82, 2.24) is 0 Å². The van der Waals surface area contributed by atoms with E-state index in [0.717, 1.165) is 24.8 Å². The molecule has 1 rings (SSSR count). The first-order valence-electron chi connectivity index (χ1n) is 6.14. The second-order valence-electron chi connectivity index (χ2n) is 4.12. The lowest BCUT2D eigenvalue weighted by Crippen LogP contribution is -2.01. The van der Waals surface area contributed by atoms with E-state index < -0.39 is 0 Å². The lowest BCUT2D eigenvalue weighted by molar-refractivity contribution is -0.137. The maximum atomic E-state index is 11.3. The van der Waals surface area contributed by atoms with Crippen molar-refractivity contribution in [2.45, 2.75) is 33.1 Å². The van der Waals surface area contributed by atoms with Crippen LogP contribution >= 0.6 is 0 Å². The smallest absolute Gasteiger partial charge is 0.330 e. The molecule has 1 aromatic rings. The van der Waals surface area contributed by atoms with Gasteiger partial charge in [0.2, 0.25) is 0 Å². The van der Waals surface area contributed by atoms with Crippen LogP contribution in [0.25, 0.3) is 6.08 Å². The van der Waals surface area contributed by atoms with E-state index in [0.29, 0.717) is 6.61 Å². The summed E-state index contributed by atoms with van der Waals surface area (Å²) in [6.07, 6.45) is 6.45. The number of aryl methyl sites for hydroxylation is 1. The van der Waals surface area contributed by atoms with Gasteiger partial charge in [0.15, 0.2) is 0 Å². The largest absolute Gasteiger partial charge is 0.463 e. The lowest BCUT2D eigenvalue weighted by atomic mass is 10.1. The molecule has 0 aliphatic carbocycles. The van der Waals surface area contributed by atoms with Crippen LogP contribution in [-0.2, 0) is 9.53 Å². The van der Waals surface area contributed by atoms with Crippen LogP contribution in [0.5, 0.6) is 0 Å². The summed E-state index contributed by atoms with van der Waals surface area (Å²) in [4.78, 5) is 11.3. The summed E-state index contributed by atoms with van der Waals surface area (Å²) in [5.74, 6) is -0.262. The third kappa shape index (κ3) is 5.91. The summed E-state index contributed by atoms with van der Waals surface area (Å²) >= 11 is 0. The fourth-order valence-corrected chi connectivity index (χ4v) is 1.41. The van der Waals surface area contributed by atoms with E-state index >= 15 is 0 Å². The molecular weight excluding hydrogens is 212 g/mol. The van der Waals surface area contributed by atoms with Gasteiger partial charge in [0.05, 0.1) is 6.61 Å². The van der Waals surface area contributed by atoms with Crippen molar-refractivity contribution in [2.24, 2.45) is 0 Å². The molecular formula is C15H20O2. The Labute approximate surface area is 103 Å². The first-order valence-corrected chi connectivity index (χ1v) is 6.14. The van der Waals surface area contributed by atoms with Gasteiger partial charge in [-0.15, -0.1) is 0 Å². The number of rotatable bonds is 6. The van der Waals surface area contributed by atoms with Crippen LogP contribution in [0, 0.1) is 6.92 Å². The number of esters is 1. The fourth-order valence-electron chi connectivity index (χ4n) is 1.41. The van der Waals surface area contributed by atoms with Crippen molar-refractivity contribution in [2.75, 3.05) is 6.61 Å². The van der Waals surface area contributed by atoms with E-state index in [1.807, 2.05) is 31.2 Å². The maximum absolute atomic E-state index is 11.3. The summed E-state index contributed by atoms with van der Waals surface area (Å²) in [6.45, 7) is 4.68. The van der Waals surface area contributed by atoms with Crippen LogP contribution in [0.1, 0.15) is 37.3 Å². The number of hydrogen-bond donors (Lipinski definition) is 0. The molecule has 0 aromatic heterocycles. The topological polar surface area (TPSA) is 26.3 Å². The molecule has 0 saturated carbocycles. The number of carbonyl (C=O) groups excluding carboxylic acids is 1. The molecule has 0 aliphatic heterocycles. The predicted octanol–water partition coefficient (Wildman–Crippen LogP) is 3.74. The number of unbranched alkanes of at least 4 members (excludes halogenated alkanes) is 2. The van der Waals surface area contributed by atoms with Crippen molar-refractivity contribution in [3.05, 3.63) is 41.5 Å². The third-order valence-corrected chi connectivity index (χ3v) is 2.48. The Kier molecular flexibility index (Phi) is 6.08. The maximum Gasteiger partial charge on any atom is 0.330 e. The molecule has 2 heteroatoms. The minimum absolute atomic E-state index is 0.262. The van der Waals surface area contributed by atoms with Gasteiger partial charge in [0.25, 0.3) is 0 Å². The molecule has 0 heterocycles. The summed E-state index contributed by atoms with van der Waals surface area (Å²) in [5, 5.41) is 0. The molecule has 0 amide bonds. The normalized spacial score (nSPS) is 10.7. The zero-order chi connectivity index (χ0) is 12.5. The standard InChI is InChI=1S/C15H20O2/c1-3-4-5-12-17-15(16)11-10-14-8-6-13(2)7-9-14/h6-11H,3-5,12H2,1-2H3. The number of ether oxygens (including phenoxy) is 1. The van der Waals surface area contributed by atoms with Gasteiger partial charge in [-0.25, -0.2) is 4.79 Å². The predicted molar refractivity (Wildman–Crippen MR) is 70.7 cm³/mol. The fraction of sp³-hybridized carbons (Fsp3) is 0.400. The summed E-state index contributed by atoms with van der Waals surface area (Å²) < 4.78 is 5.06. The molecule has 0 aliphatic rings. The summed E-state index contributed by atoms with van der Waals surface area (Å²) in [5.41, 5.74) is 2.23. The van der Waals surface area contributed by atoms with Gasteiger partial charge < -0.3 is 4.74 Å². The zero-order valence-electron chi connectivity index (χ0n) is 10.6. The van der Waals surface area contributed by atoms with E-state index in [1.54, 1.807) is 6.08 Å². The van der Waals surface area contributed by atoms with E-state index in [4.69, 9.17) is 4.74 Å². The molecule has 92 valence electrons. The minimum Gasteiger partial charge on any atom is -0.463 e. The van der Waals surface area contributed by atoms with E-state index in [9.17, 15) is 4.79 Å². The van der Waals surface area contributed by atoms with E-state index in [2.05, 4.69) is 6.92 Å². The van der Waals surface area contributed by atoms with Crippen molar-refractivity contribution in [1.29, 1.82) is 0 Å². The molecule has 0 unspecified atom stereocenters. The average Bonchev–Trinajstić information content (AvgIpc) is 2.34. The van der Waals surface area contributed by atoms with Crippen molar-refractivity contribution in [3.8, 4) is 0 Å². The second kappa shape index (κ2) is 7.66. The van der Waals surface area contributed by atoms with E-state index in [-0.39, 0.29) is 5.97 Å². The summed E-state index contributed by atoms with van der Waals surface area (Å²) in [6, 6.07) is 8.00. The van der Waals surface area contributed by atoms with Crippen LogP contribution in [0.4, 0.5) is 0 Å². The number of hydrogen-bond acceptors (Lipinski definition) is 2. The first kappa shape index (κ1) is 13.5.